The number of nitrogens with one attached hydrogen (secondary N) is 1. The van der Waals surface area contributed by atoms with E-state index >= 15 is 0 Å². The summed E-state index contributed by atoms with van der Waals surface area (Å²) in [5, 5.41) is 4.54. The Kier molecular flexibility index (Phi) is 4.72. The molecule has 1 saturated heterocycles. The fourth-order valence-corrected chi connectivity index (χ4v) is 3.38. The van der Waals surface area contributed by atoms with E-state index in [1.54, 1.807) is 14.2 Å². The molecule has 140 valence electrons. The number of fused-ring (bicyclic) bond motifs is 1. The Labute approximate surface area is 154 Å². The van der Waals surface area contributed by atoms with E-state index in [0.29, 0.717) is 17.5 Å². The number of piperazine rings is 1. The topological polar surface area (TPSA) is 62.8 Å². The van der Waals surface area contributed by atoms with Gasteiger partial charge >= 0.3 is 0 Å². The molecular formula is C19H27N5O2. The number of methoxy groups -OCH3 is 2. The molecule has 1 aromatic carbocycles. The molecule has 1 aromatic heterocycles. The zero-order valence-electron chi connectivity index (χ0n) is 15.8. The summed E-state index contributed by atoms with van der Waals surface area (Å²) in [6.45, 7) is 7.31. The number of aromatic nitrogens is 2. The van der Waals surface area contributed by atoms with Crippen LogP contribution in [0, 0.1) is 0 Å². The molecule has 0 spiro atoms. The van der Waals surface area contributed by atoms with E-state index in [9.17, 15) is 0 Å². The average molecular weight is 357 g/mol. The number of nitrogens with zero attached hydrogens (tertiary/aromatic N) is 4. The van der Waals surface area contributed by atoms with Gasteiger partial charge in [0, 0.05) is 43.7 Å². The molecule has 2 aliphatic rings. The molecule has 2 fully saturated rings. The first kappa shape index (κ1) is 17.1. The standard InChI is InChI=1S/C19H27N5O2/c1-4-23-7-9-24(10-8-23)19-21-15-12-17(26-3)16(25-2)11-14(15)18(22-19)20-13-5-6-13/h11-13H,4-10H2,1-3H3,(H,20,21,22). The number of hydrogen-bond acceptors (Lipinski definition) is 7. The second-order valence-electron chi connectivity index (χ2n) is 6.94. The van der Waals surface area contributed by atoms with Gasteiger partial charge in [0.1, 0.15) is 5.82 Å². The lowest BCUT2D eigenvalue weighted by Crippen LogP contribution is -2.46. The van der Waals surface area contributed by atoms with Gasteiger partial charge < -0.3 is 24.6 Å². The number of likely N-dealkylation sites (N-methyl/N-ethyl adjacent to an activating group) is 1. The number of hydrogen-bond donors (Lipinski definition) is 1. The Balaban J connectivity index is 1.74. The molecule has 1 aliphatic heterocycles. The van der Waals surface area contributed by atoms with Crippen molar-refractivity contribution in [3.8, 4) is 11.5 Å². The van der Waals surface area contributed by atoms with Crippen LogP contribution in [0.3, 0.4) is 0 Å². The Morgan fingerprint density at radius 3 is 2.35 bits per heavy atom. The van der Waals surface area contributed by atoms with Gasteiger partial charge in [0.05, 0.1) is 19.7 Å². The molecule has 1 saturated carbocycles. The van der Waals surface area contributed by atoms with Crippen molar-refractivity contribution >= 4 is 22.7 Å². The Morgan fingerprint density at radius 2 is 1.73 bits per heavy atom. The quantitative estimate of drug-likeness (QED) is 0.851. The summed E-state index contributed by atoms with van der Waals surface area (Å²) in [7, 11) is 3.30. The minimum Gasteiger partial charge on any atom is -0.493 e. The van der Waals surface area contributed by atoms with Crippen LogP contribution in [0.4, 0.5) is 11.8 Å². The lowest BCUT2D eigenvalue weighted by Gasteiger charge is -2.34. The van der Waals surface area contributed by atoms with Crippen LogP contribution < -0.4 is 19.7 Å². The van der Waals surface area contributed by atoms with Crippen LogP contribution in [-0.4, -0.2) is 67.9 Å². The highest BCUT2D eigenvalue weighted by molar-refractivity contribution is 5.93. The van der Waals surface area contributed by atoms with Crippen LogP contribution in [-0.2, 0) is 0 Å². The lowest BCUT2D eigenvalue weighted by atomic mass is 10.2. The summed E-state index contributed by atoms with van der Waals surface area (Å²) >= 11 is 0. The zero-order chi connectivity index (χ0) is 18.1. The second-order valence-corrected chi connectivity index (χ2v) is 6.94. The molecule has 2 aromatic rings. The summed E-state index contributed by atoms with van der Waals surface area (Å²) in [4.78, 5) is 14.4. The van der Waals surface area contributed by atoms with Crippen LogP contribution in [0.5, 0.6) is 11.5 Å². The summed E-state index contributed by atoms with van der Waals surface area (Å²) < 4.78 is 10.9. The zero-order valence-corrected chi connectivity index (χ0v) is 15.8. The predicted octanol–water partition coefficient (Wildman–Crippen LogP) is 2.36. The van der Waals surface area contributed by atoms with Crippen LogP contribution in [0.15, 0.2) is 12.1 Å². The molecule has 0 atom stereocenters. The van der Waals surface area contributed by atoms with E-state index in [1.165, 1.54) is 12.8 Å². The van der Waals surface area contributed by atoms with Crippen molar-refractivity contribution in [2.24, 2.45) is 0 Å². The van der Waals surface area contributed by atoms with E-state index in [-0.39, 0.29) is 0 Å². The van der Waals surface area contributed by atoms with E-state index in [0.717, 1.165) is 55.4 Å². The molecule has 0 radical (unpaired) electrons. The average Bonchev–Trinajstić information content (AvgIpc) is 3.51. The Bertz CT molecular complexity index is 785. The number of rotatable bonds is 6. The van der Waals surface area contributed by atoms with Crippen molar-refractivity contribution in [1.29, 1.82) is 0 Å². The maximum absolute atomic E-state index is 5.47. The summed E-state index contributed by atoms with van der Waals surface area (Å²) in [6.07, 6.45) is 2.40. The fraction of sp³-hybridized carbons (Fsp3) is 0.579. The highest BCUT2D eigenvalue weighted by atomic mass is 16.5. The van der Waals surface area contributed by atoms with Gasteiger partial charge in [-0.25, -0.2) is 4.98 Å². The summed E-state index contributed by atoms with van der Waals surface area (Å²) in [5.41, 5.74) is 0.883. The van der Waals surface area contributed by atoms with E-state index in [1.807, 2.05) is 12.1 Å². The molecule has 1 aliphatic carbocycles. The molecule has 1 N–H and O–H groups in total. The van der Waals surface area contributed by atoms with Gasteiger partial charge in [-0.05, 0) is 25.5 Å². The third-order valence-electron chi connectivity index (χ3n) is 5.21. The first-order valence-corrected chi connectivity index (χ1v) is 9.39. The monoisotopic (exact) mass is 357 g/mol. The van der Waals surface area contributed by atoms with Crippen LogP contribution in [0.25, 0.3) is 10.9 Å². The van der Waals surface area contributed by atoms with E-state index in [2.05, 4.69) is 22.0 Å². The summed E-state index contributed by atoms with van der Waals surface area (Å²) in [5.74, 6) is 3.08. The molecule has 7 heteroatoms. The van der Waals surface area contributed by atoms with Gasteiger partial charge in [-0.2, -0.15) is 4.98 Å². The van der Waals surface area contributed by atoms with Crippen molar-refractivity contribution in [2.45, 2.75) is 25.8 Å². The van der Waals surface area contributed by atoms with Crippen LogP contribution >= 0.6 is 0 Å². The van der Waals surface area contributed by atoms with Crippen molar-refractivity contribution < 1.29 is 9.47 Å². The van der Waals surface area contributed by atoms with Gasteiger partial charge in [0.15, 0.2) is 11.5 Å². The minimum atomic E-state index is 0.519. The Morgan fingerprint density at radius 1 is 1.04 bits per heavy atom. The predicted molar refractivity (Wildman–Crippen MR) is 104 cm³/mol. The third kappa shape index (κ3) is 3.35. The number of benzene rings is 1. The normalized spacial score (nSPS) is 18.2. The molecule has 7 nitrogen and oxygen atoms in total. The highest BCUT2D eigenvalue weighted by Gasteiger charge is 2.25. The number of ether oxygens (including phenoxy) is 2. The molecule has 0 unspecified atom stereocenters. The molecule has 0 amide bonds. The van der Waals surface area contributed by atoms with Crippen molar-refractivity contribution in [3.63, 3.8) is 0 Å². The maximum atomic E-state index is 5.47. The first-order chi connectivity index (χ1) is 12.7. The van der Waals surface area contributed by atoms with Gasteiger partial charge in [0.2, 0.25) is 5.95 Å². The van der Waals surface area contributed by atoms with E-state index < -0.39 is 0 Å². The second kappa shape index (κ2) is 7.15. The smallest absolute Gasteiger partial charge is 0.227 e. The van der Waals surface area contributed by atoms with Crippen molar-refractivity contribution in [3.05, 3.63) is 12.1 Å². The third-order valence-corrected chi connectivity index (χ3v) is 5.21. The maximum Gasteiger partial charge on any atom is 0.227 e. The highest BCUT2D eigenvalue weighted by Crippen LogP contribution is 2.36. The van der Waals surface area contributed by atoms with Gasteiger partial charge in [-0.15, -0.1) is 0 Å². The first-order valence-electron chi connectivity index (χ1n) is 9.39. The molecule has 26 heavy (non-hydrogen) atoms. The van der Waals surface area contributed by atoms with Gasteiger partial charge in [0.25, 0.3) is 0 Å². The van der Waals surface area contributed by atoms with Crippen LogP contribution in [0.1, 0.15) is 19.8 Å². The minimum absolute atomic E-state index is 0.519. The molecule has 0 bridgehead atoms. The summed E-state index contributed by atoms with van der Waals surface area (Å²) in [6, 6.07) is 4.43. The van der Waals surface area contributed by atoms with Crippen molar-refractivity contribution in [2.75, 3.05) is 57.2 Å². The fourth-order valence-electron chi connectivity index (χ4n) is 3.38. The largest absolute Gasteiger partial charge is 0.493 e. The van der Waals surface area contributed by atoms with Crippen molar-refractivity contribution in [1.82, 2.24) is 14.9 Å². The lowest BCUT2D eigenvalue weighted by molar-refractivity contribution is 0.270. The molecular weight excluding hydrogens is 330 g/mol. The molecule has 2 heterocycles. The molecule has 4 rings (SSSR count). The van der Waals surface area contributed by atoms with Crippen LogP contribution in [0.2, 0.25) is 0 Å². The SMILES string of the molecule is CCN1CCN(c2nc(NC3CC3)c3cc(OC)c(OC)cc3n2)CC1. The Hall–Kier alpha value is -2.28. The van der Waals surface area contributed by atoms with Gasteiger partial charge in [-0.1, -0.05) is 6.92 Å². The van der Waals surface area contributed by atoms with Gasteiger partial charge in [-0.3, -0.25) is 0 Å². The van der Waals surface area contributed by atoms with E-state index in [4.69, 9.17) is 19.4 Å². The number of anilines is 2.